The molecule has 2 N–H and O–H groups in total. The van der Waals surface area contributed by atoms with E-state index in [0.29, 0.717) is 28.5 Å². The van der Waals surface area contributed by atoms with Crippen LogP contribution in [0, 0.1) is 6.92 Å². The number of rotatable bonds is 5. The van der Waals surface area contributed by atoms with Crippen LogP contribution in [0.5, 0.6) is 11.7 Å². The molecule has 0 saturated heterocycles. The summed E-state index contributed by atoms with van der Waals surface area (Å²) in [7, 11) is 0. The highest BCUT2D eigenvalue weighted by molar-refractivity contribution is 7.14. The van der Waals surface area contributed by atoms with Crippen LogP contribution in [0.25, 0.3) is 28.0 Å². The zero-order chi connectivity index (χ0) is 21.4. The van der Waals surface area contributed by atoms with Gasteiger partial charge in [-0.3, -0.25) is 4.98 Å². The van der Waals surface area contributed by atoms with E-state index >= 15 is 0 Å². The monoisotopic (exact) mass is 431 g/mol. The molecule has 0 fully saturated rings. The quantitative estimate of drug-likeness (QED) is 0.411. The van der Waals surface area contributed by atoms with Gasteiger partial charge in [0.15, 0.2) is 16.8 Å². The van der Waals surface area contributed by atoms with Gasteiger partial charge < -0.3 is 20.1 Å². The van der Waals surface area contributed by atoms with Gasteiger partial charge in [-0.1, -0.05) is 36.4 Å². The van der Waals surface area contributed by atoms with Crippen LogP contribution >= 0.6 is 11.3 Å². The molecule has 3 heterocycles. The average Bonchev–Trinajstić information content (AvgIpc) is 3.40. The maximum atomic E-state index is 12.3. The number of anilines is 1. The number of phenolic OH excluding ortho intramolecular Hbond substituents is 1. The molecule has 0 amide bonds. The number of para-hydroxylation sites is 1. The smallest absolute Gasteiger partial charge is 0.290 e. The van der Waals surface area contributed by atoms with Gasteiger partial charge in [0, 0.05) is 40.7 Å². The van der Waals surface area contributed by atoms with E-state index in [1.807, 2.05) is 55.5 Å². The summed E-state index contributed by atoms with van der Waals surface area (Å²) in [5.41, 5.74) is 3.69. The maximum absolute atomic E-state index is 12.3. The van der Waals surface area contributed by atoms with Gasteiger partial charge in [-0.2, -0.15) is 0 Å². The Bertz CT molecular complexity index is 1400. The number of benzene rings is 2. The summed E-state index contributed by atoms with van der Waals surface area (Å²) in [5.74, 6) is -0.418. The molecule has 9 heteroatoms. The number of pyridine rings is 1. The van der Waals surface area contributed by atoms with Crippen molar-refractivity contribution in [1.29, 1.82) is 0 Å². The zero-order valence-electron chi connectivity index (χ0n) is 16.4. The molecule has 0 saturated carbocycles. The third-order valence-corrected chi connectivity index (χ3v) is 5.76. The van der Waals surface area contributed by atoms with E-state index in [1.54, 1.807) is 11.6 Å². The predicted molar refractivity (Wildman–Crippen MR) is 114 cm³/mol. The molecule has 5 aromatic rings. The summed E-state index contributed by atoms with van der Waals surface area (Å²) >= 11 is 1.35. The second-order valence-electron chi connectivity index (χ2n) is 6.95. The van der Waals surface area contributed by atoms with Gasteiger partial charge in [-0.25, -0.2) is 4.98 Å². The number of aryl methyl sites for hydroxylation is 1. The molecule has 0 bridgehead atoms. The lowest BCUT2D eigenvalue weighted by Crippen LogP contribution is -2.35. The van der Waals surface area contributed by atoms with Crippen molar-refractivity contribution in [2.75, 3.05) is 5.32 Å². The first-order valence-electron chi connectivity index (χ1n) is 9.52. The molecule has 0 spiro atoms. The Morgan fingerprint density at radius 3 is 2.90 bits per heavy atom. The van der Waals surface area contributed by atoms with Crippen molar-refractivity contribution < 1.29 is 19.4 Å². The van der Waals surface area contributed by atoms with Gasteiger partial charge in [-0.05, 0) is 17.7 Å². The molecule has 5 rings (SSSR count). The lowest BCUT2D eigenvalue weighted by atomic mass is 10.1. The Morgan fingerprint density at radius 1 is 1.16 bits per heavy atom. The number of phenols is 1. The van der Waals surface area contributed by atoms with Gasteiger partial charge in [-0.15, -0.1) is 11.3 Å². The van der Waals surface area contributed by atoms with Gasteiger partial charge >= 0.3 is 0 Å². The van der Waals surface area contributed by atoms with Crippen molar-refractivity contribution >= 4 is 27.4 Å². The molecule has 0 aliphatic carbocycles. The summed E-state index contributed by atoms with van der Waals surface area (Å²) < 4.78 is 6.39. The van der Waals surface area contributed by atoms with E-state index in [9.17, 15) is 10.2 Å². The molecule has 0 aliphatic heterocycles. The number of hydrogen-bond acceptors (Lipinski definition) is 8. The zero-order valence-corrected chi connectivity index (χ0v) is 17.3. The van der Waals surface area contributed by atoms with Crippen molar-refractivity contribution in [3.63, 3.8) is 0 Å². The first-order chi connectivity index (χ1) is 15.1. The summed E-state index contributed by atoms with van der Waals surface area (Å²) in [6, 6.07) is 15.1. The molecular formula is C22H17N5O3S. The van der Waals surface area contributed by atoms with Crippen LogP contribution < -0.4 is 15.1 Å². The Morgan fingerprint density at radius 2 is 2.03 bits per heavy atom. The number of fused-ring (bicyclic) bond motifs is 1. The Balaban J connectivity index is 1.41. The highest BCUT2D eigenvalue weighted by Crippen LogP contribution is 2.30. The topological polar surface area (TPSA) is 111 Å². The van der Waals surface area contributed by atoms with E-state index in [4.69, 9.17) is 4.52 Å². The number of hydrogen-bond donors (Lipinski definition) is 2. The third kappa shape index (κ3) is 3.44. The fraction of sp³-hybridized carbons (Fsp3) is 0.0909. The lowest BCUT2D eigenvalue weighted by Gasteiger charge is -2.07. The minimum Gasteiger partial charge on any atom is -0.539 e. The first-order valence-corrected chi connectivity index (χ1v) is 10.4. The van der Waals surface area contributed by atoms with Gasteiger partial charge in [0.25, 0.3) is 5.69 Å². The number of thiazole rings is 1. The molecule has 2 aromatic carbocycles. The second-order valence-corrected chi connectivity index (χ2v) is 7.81. The largest absolute Gasteiger partial charge is 0.539 e. The standard InChI is InChI=1S/C22H17N5O3S/c1-13-5-2-3-7-17(13)27-19(21(29)30-26-27)16-12-31-22(25-16)24-11-15-9-8-14-6-4-10-23-18(14)20(15)28/h2-10,12H,11H2,1H3,(H2-,24,25,26,28,29). The number of aromatic hydroxyl groups is 1. The predicted octanol–water partition coefficient (Wildman–Crippen LogP) is 3.32. The van der Waals surface area contributed by atoms with Crippen LogP contribution in [-0.2, 0) is 6.54 Å². The van der Waals surface area contributed by atoms with E-state index in [1.165, 1.54) is 16.0 Å². The molecule has 0 aliphatic rings. The molecule has 0 atom stereocenters. The van der Waals surface area contributed by atoms with Crippen molar-refractivity contribution in [3.8, 4) is 28.8 Å². The van der Waals surface area contributed by atoms with E-state index in [-0.39, 0.29) is 11.4 Å². The van der Waals surface area contributed by atoms with Gasteiger partial charge in [0.05, 0.1) is 5.27 Å². The first kappa shape index (κ1) is 19.0. The average molecular weight is 431 g/mol. The molecule has 0 radical (unpaired) electrons. The molecule has 8 nitrogen and oxygen atoms in total. The van der Waals surface area contributed by atoms with Crippen LogP contribution in [0.15, 0.2) is 64.6 Å². The SMILES string of the molecule is Cc1ccccc1-[n+]1noc([O-])c1-c1csc(NCc2ccc3cccnc3c2O)n1. The van der Waals surface area contributed by atoms with Crippen LogP contribution in [-0.4, -0.2) is 20.3 Å². The van der Waals surface area contributed by atoms with Gasteiger partial charge in [0.2, 0.25) is 5.69 Å². The Labute approximate surface area is 181 Å². The Hall–Kier alpha value is -3.98. The van der Waals surface area contributed by atoms with Crippen LogP contribution in [0.3, 0.4) is 0 Å². The van der Waals surface area contributed by atoms with Gasteiger partial charge in [0.1, 0.15) is 11.3 Å². The highest BCUT2D eigenvalue weighted by atomic mass is 32.1. The fourth-order valence-corrected chi connectivity index (χ4v) is 4.07. The maximum Gasteiger partial charge on any atom is 0.290 e. The molecular weight excluding hydrogens is 414 g/mol. The Kier molecular flexibility index (Phi) is 4.72. The highest BCUT2D eigenvalue weighted by Gasteiger charge is 2.26. The van der Waals surface area contributed by atoms with E-state index < -0.39 is 5.95 Å². The van der Waals surface area contributed by atoms with Crippen LogP contribution in [0.2, 0.25) is 0 Å². The van der Waals surface area contributed by atoms with Crippen LogP contribution in [0.4, 0.5) is 5.13 Å². The fourth-order valence-electron chi connectivity index (χ4n) is 3.38. The molecule has 3 aromatic heterocycles. The second kappa shape index (κ2) is 7.69. The normalized spacial score (nSPS) is 11.1. The van der Waals surface area contributed by atoms with Crippen LogP contribution in [0.1, 0.15) is 11.1 Å². The van der Waals surface area contributed by atoms with Crippen molar-refractivity contribution in [1.82, 2.24) is 15.2 Å². The number of aromatic nitrogens is 4. The summed E-state index contributed by atoms with van der Waals surface area (Å²) in [6.07, 6.45) is 1.65. The minimum absolute atomic E-state index is 0.139. The van der Waals surface area contributed by atoms with Crippen molar-refractivity contribution in [2.24, 2.45) is 0 Å². The molecule has 154 valence electrons. The number of nitrogens with zero attached hydrogens (tertiary/aromatic N) is 4. The summed E-state index contributed by atoms with van der Waals surface area (Å²) in [6.45, 7) is 2.29. The summed E-state index contributed by atoms with van der Waals surface area (Å²) in [5, 5.41) is 33.2. The van der Waals surface area contributed by atoms with Crippen molar-refractivity contribution in [2.45, 2.75) is 13.5 Å². The van der Waals surface area contributed by atoms with Crippen molar-refractivity contribution in [3.05, 3.63) is 71.2 Å². The minimum atomic E-state index is -0.557. The molecule has 31 heavy (non-hydrogen) atoms. The van der Waals surface area contributed by atoms with E-state index in [0.717, 1.165) is 16.6 Å². The van der Waals surface area contributed by atoms with E-state index in [2.05, 4.69) is 20.6 Å². The third-order valence-electron chi connectivity index (χ3n) is 4.96. The summed E-state index contributed by atoms with van der Waals surface area (Å²) in [4.78, 5) is 8.77. The lowest BCUT2D eigenvalue weighted by molar-refractivity contribution is -0.660. The molecule has 0 unspecified atom stereocenters. The number of nitrogens with one attached hydrogen (secondary N) is 1.